The fraction of sp³-hybridized carbons (Fsp3) is 0.286. The molecule has 0 saturated carbocycles. The smallest absolute Gasteiger partial charge is 0.224 e. The molecule has 20 heavy (non-hydrogen) atoms. The van der Waals surface area contributed by atoms with Crippen molar-refractivity contribution in [1.82, 2.24) is 9.97 Å². The number of rotatable bonds is 6. The van der Waals surface area contributed by atoms with Gasteiger partial charge >= 0.3 is 0 Å². The zero-order valence-corrected chi connectivity index (χ0v) is 11.2. The molecule has 0 aliphatic carbocycles. The van der Waals surface area contributed by atoms with Crippen molar-refractivity contribution in [3.63, 3.8) is 0 Å². The molecule has 0 bridgehead atoms. The van der Waals surface area contributed by atoms with E-state index in [2.05, 4.69) is 20.6 Å². The molecule has 0 aliphatic heterocycles. The molecule has 2 rings (SSSR count). The Morgan fingerprint density at radius 2 is 2.05 bits per heavy atom. The van der Waals surface area contributed by atoms with Gasteiger partial charge in [-0.15, -0.1) is 0 Å². The van der Waals surface area contributed by atoms with Crippen LogP contribution in [0, 0.1) is 5.82 Å². The van der Waals surface area contributed by atoms with E-state index in [0.717, 1.165) is 11.8 Å². The normalized spacial score (nSPS) is 11.9. The highest BCUT2D eigenvalue weighted by atomic mass is 19.1. The number of anilines is 2. The molecule has 5 nitrogen and oxygen atoms in total. The van der Waals surface area contributed by atoms with Crippen LogP contribution in [0.25, 0.3) is 0 Å². The minimum absolute atomic E-state index is 0.0684. The zero-order valence-electron chi connectivity index (χ0n) is 11.2. The number of nitrogens with zero attached hydrogens (tertiary/aromatic N) is 2. The van der Waals surface area contributed by atoms with Gasteiger partial charge in [0.1, 0.15) is 0 Å². The van der Waals surface area contributed by atoms with Gasteiger partial charge in [-0.3, -0.25) is 0 Å². The maximum atomic E-state index is 13.7. The molecule has 0 saturated heterocycles. The van der Waals surface area contributed by atoms with Crippen LogP contribution in [0.2, 0.25) is 0 Å². The number of hydrogen-bond donors (Lipinski definition) is 3. The molecule has 6 heteroatoms. The highest BCUT2D eigenvalue weighted by molar-refractivity contribution is 5.43. The van der Waals surface area contributed by atoms with Crippen LogP contribution in [0.1, 0.15) is 18.5 Å². The average Bonchev–Trinajstić information content (AvgIpc) is 2.49. The maximum Gasteiger partial charge on any atom is 0.224 e. The molecule has 1 aromatic carbocycles. The van der Waals surface area contributed by atoms with Gasteiger partial charge < -0.3 is 15.7 Å². The third kappa shape index (κ3) is 3.42. The molecule has 0 amide bonds. The van der Waals surface area contributed by atoms with Gasteiger partial charge in [0.05, 0.1) is 18.8 Å². The molecule has 1 heterocycles. The van der Waals surface area contributed by atoms with Gasteiger partial charge in [0.2, 0.25) is 5.95 Å². The van der Waals surface area contributed by atoms with Gasteiger partial charge in [-0.25, -0.2) is 9.37 Å². The lowest BCUT2D eigenvalue weighted by molar-refractivity contribution is 0.276. The van der Waals surface area contributed by atoms with Gasteiger partial charge in [-0.05, 0) is 12.5 Å². The Hall–Kier alpha value is -2.21. The SMILES string of the molecule is CCNc1ncc(F)c(NC(CO)c2ccccc2)n1. The summed E-state index contributed by atoms with van der Waals surface area (Å²) in [6.45, 7) is 2.39. The molecule has 106 valence electrons. The summed E-state index contributed by atoms with van der Waals surface area (Å²) >= 11 is 0. The number of aliphatic hydroxyl groups excluding tert-OH is 1. The second-order valence-corrected chi connectivity index (χ2v) is 4.21. The molecule has 0 fully saturated rings. The Balaban J connectivity index is 2.21. The lowest BCUT2D eigenvalue weighted by Crippen LogP contribution is -2.17. The van der Waals surface area contributed by atoms with Crippen LogP contribution in [0.5, 0.6) is 0 Å². The first kappa shape index (κ1) is 14.2. The standard InChI is InChI=1S/C14H17FN4O/c1-2-16-14-17-8-11(15)13(19-14)18-12(9-20)10-6-4-3-5-7-10/h3-8,12,20H,2,9H2,1H3,(H2,16,17,18,19). The van der Waals surface area contributed by atoms with E-state index >= 15 is 0 Å². The van der Waals surface area contributed by atoms with Gasteiger partial charge in [0.15, 0.2) is 11.6 Å². The predicted molar refractivity (Wildman–Crippen MR) is 76.0 cm³/mol. The summed E-state index contributed by atoms with van der Waals surface area (Å²) < 4.78 is 13.7. The van der Waals surface area contributed by atoms with E-state index in [4.69, 9.17) is 0 Å². The molecule has 1 atom stereocenters. The van der Waals surface area contributed by atoms with E-state index in [-0.39, 0.29) is 12.4 Å². The van der Waals surface area contributed by atoms with Crippen molar-refractivity contribution in [2.75, 3.05) is 23.8 Å². The van der Waals surface area contributed by atoms with Gasteiger partial charge in [-0.1, -0.05) is 30.3 Å². The molecule has 1 unspecified atom stereocenters. The van der Waals surface area contributed by atoms with E-state index in [0.29, 0.717) is 12.5 Å². The first-order chi connectivity index (χ1) is 9.74. The molecule has 0 spiro atoms. The fourth-order valence-electron chi connectivity index (χ4n) is 1.80. The van der Waals surface area contributed by atoms with Crippen LogP contribution in [0.4, 0.5) is 16.2 Å². The number of benzene rings is 1. The molecule has 1 aromatic heterocycles. The molecule has 2 aromatic rings. The van der Waals surface area contributed by atoms with Gasteiger partial charge in [-0.2, -0.15) is 4.98 Å². The summed E-state index contributed by atoms with van der Waals surface area (Å²) in [4.78, 5) is 7.89. The minimum atomic E-state index is -0.555. The lowest BCUT2D eigenvalue weighted by Gasteiger charge is -2.18. The van der Waals surface area contributed by atoms with Crippen LogP contribution >= 0.6 is 0 Å². The lowest BCUT2D eigenvalue weighted by atomic mass is 10.1. The summed E-state index contributed by atoms with van der Waals surface area (Å²) in [6.07, 6.45) is 1.10. The first-order valence-electron chi connectivity index (χ1n) is 6.43. The van der Waals surface area contributed by atoms with Crippen molar-refractivity contribution in [2.24, 2.45) is 0 Å². The van der Waals surface area contributed by atoms with Crippen LogP contribution in [0.3, 0.4) is 0 Å². The maximum absolute atomic E-state index is 13.7. The van der Waals surface area contributed by atoms with Crippen molar-refractivity contribution < 1.29 is 9.50 Å². The highest BCUT2D eigenvalue weighted by Gasteiger charge is 2.14. The van der Waals surface area contributed by atoms with Gasteiger partial charge in [0, 0.05) is 6.54 Å². The third-order valence-corrected chi connectivity index (χ3v) is 2.77. The average molecular weight is 276 g/mol. The Morgan fingerprint density at radius 3 is 2.70 bits per heavy atom. The Labute approximate surface area is 116 Å². The minimum Gasteiger partial charge on any atom is -0.394 e. The summed E-state index contributed by atoms with van der Waals surface area (Å²) in [5.41, 5.74) is 0.859. The Morgan fingerprint density at radius 1 is 1.30 bits per heavy atom. The Kier molecular flexibility index (Phi) is 4.84. The summed E-state index contributed by atoms with van der Waals surface area (Å²) in [7, 11) is 0. The Bertz CT molecular complexity index is 550. The largest absolute Gasteiger partial charge is 0.394 e. The van der Waals surface area contributed by atoms with Crippen LogP contribution in [0.15, 0.2) is 36.5 Å². The molecule has 3 N–H and O–H groups in total. The van der Waals surface area contributed by atoms with Crippen molar-refractivity contribution >= 4 is 11.8 Å². The van der Waals surface area contributed by atoms with Crippen LogP contribution < -0.4 is 10.6 Å². The molecule has 0 aliphatic rings. The number of aromatic nitrogens is 2. The number of aliphatic hydroxyl groups is 1. The number of nitrogens with one attached hydrogen (secondary N) is 2. The third-order valence-electron chi connectivity index (χ3n) is 2.77. The second kappa shape index (κ2) is 6.81. The topological polar surface area (TPSA) is 70.1 Å². The fourth-order valence-corrected chi connectivity index (χ4v) is 1.80. The summed E-state index contributed by atoms with van der Waals surface area (Å²) in [5.74, 6) is -0.138. The second-order valence-electron chi connectivity index (χ2n) is 4.21. The van der Waals surface area contributed by atoms with Crippen LogP contribution in [-0.2, 0) is 0 Å². The van der Waals surface area contributed by atoms with Gasteiger partial charge in [0.25, 0.3) is 0 Å². The van der Waals surface area contributed by atoms with Crippen molar-refractivity contribution in [3.8, 4) is 0 Å². The molecular weight excluding hydrogens is 259 g/mol. The van der Waals surface area contributed by atoms with E-state index in [1.54, 1.807) is 0 Å². The predicted octanol–water partition coefficient (Wildman–Crippen LogP) is 2.19. The number of halogens is 1. The molecular formula is C14H17FN4O. The quantitative estimate of drug-likeness (QED) is 0.754. The highest BCUT2D eigenvalue weighted by Crippen LogP contribution is 2.20. The van der Waals surface area contributed by atoms with E-state index in [1.807, 2.05) is 37.3 Å². The van der Waals surface area contributed by atoms with Crippen LogP contribution in [-0.4, -0.2) is 28.2 Å². The van der Waals surface area contributed by atoms with Crippen molar-refractivity contribution in [2.45, 2.75) is 13.0 Å². The van der Waals surface area contributed by atoms with E-state index in [9.17, 15) is 9.50 Å². The van der Waals surface area contributed by atoms with Crippen molar-refractivity contribution in [1.29, 1.82) is 0 Å². The number of hydrogen-bond acceptors (Lipinski definition) is 5. The zero-order chi connectivity index (χ0) is 14.4. The van der Waals surface area contributed by atoms with Crippen molar-refractivity contribution in [3.05, 3.63) is 47.9 Å². The molecule has 0 radical (unpaired) electrons. The first-order valence-corrected chi connectivity index (χ1v) is 6.43. The summed E-state index contributed by atoms with van der Waals surface area (Å²) in [5, 5.41) is 15.3. The van der Waals surface area contributed by atoms with E-state index in [1.165, 1.54) is 0 Å². The monoisotopic (exact) mass is 276 g/mol. The van der Waals surface area contributed by atoms with E-state index < -0.39 is 11.9 Å². The summed E-state index contributed by atoms with van der Waals surface area (Å²) in [6, 6.07) is 8.90.